The summed E-state index contributed by atoms with van der Waals surface area (Å²) in [6.45, 7) is 6.52. The van der Waals surface area contributed by atoms with Gasteiger partial charge in [0.25, 0.3) is 0 Å². The van der Waals surface area contributed by atoms with E-state index in [1.165, 1.54) is 11.1 Å². The number of hydrogen-bond acceptors (Lipinski definition) is 2. The van der Waals surface area contributed by atoms with E-state index in [0.717, 1.165) is 38.8 Å². The van der Waals surface area contributed by atoms with E-state index in [1.807, 2.05) is 15.9 Å². The SMILES string of the molecule is CCCCCN(CCC(=O)N1CCc2ccccc2C1)C(C)=O. The largest absolute Gasteiger partial charge is 0.342 e. The number of hydrogen-bond donors (Lipinski definition) is 0. The van der Waals surface area contributed by atoms with Crippen molar-refractivity contribution in [3.8, 4) is 0 Å². The summed E-state index contributed by atoms with van der Waals surface area (Å²) in [5.41, 5.74) is 2.60. The number of carbonyl (C=O) groups excluding carboxylic acids is 2. The average Bonchev–Trinajstić information content (AvgIpc) is 2.57. The Bertz CT molecular complexity index is 542. The number of amides is 2. The summed E-state index contributed by atoms with van der Waals surface area (Å²) in [7, 11) is 0. The summed E-state index contributed by atoms with van der Waals surface area (Å²) in [6.07, 6.45) is 4.63. The van der Waals surface area contributed by atoms with E-state index in [0.29, 0.717) is 19.5 Å². The predicted octanol–water partition coefficient (Wildman–Crippen LogP) is 3.00. The fourth-order valence-electron chi connectivity index (χ4n) is 3.08. The molecule has 0 aliphatic carbocycles. The number of fused-ring (bicyclic) bond motifs is 1. The second kappa shape index (κ2) is 8.70. The molecule has 0 fully saturated rings. The van der Waals surface area contributed by atoms with Crippen molar-refractivity contribution in [1.29, 1.82) is 0 Å². The lowest BCUT2D eigenvalue weighted by molar-refractivity contribution is -0.134. The van der Waals surface area contributed by atoms with Crippen LogP contribution in [-0.2, 0) is 22.6 Å². The van der Waals surface area contributed by atoms with Gasteiger partial charge in [0.15, 0.2) is 0 Å². The van der Waals surface area contributed by atoms with Gasteiger partial charge in [0, 0.05) is 39.5 Å². The summed E-state index contributed by atoms with van der Waals surface area (Å²) in [5, 5.41) is 0. The van der Waals surface area contributed by atoms with Gasteiger partial charge in [-0.2, -0.15) is 0 Å². The molecule has 1 aliphatic rings. The van der Waals surface area contributed by atoms with Crippen LogP contribution in [0, 0.1) is 0 Å². The zero-order valence-electron chi connectivity index (χ0n) is 14.4. The van der Waals surface area contributed by atoms with Crippen LogP contribution in [0.15, 0.2) is 24.3 Å². The van der Waals surface area contributed by atoms with Gasteiger partial charge in [0.05, 0.1) is 0 Å². The van der Waals surface area contributed by atoms with Crippen molar-refractivity contribution in [3.05, 3.63) is 35.4 Å². The van der Waals surface area contributed by atoms with E-state index in [4.69, 9.17) is 0 Å². The van der Waals surface area contributed by atoms with E-state index >= 15 is 0 Å². The number of benzene rings is 1. The second-order valence-corrected chi connectivity index (χ2v) is 6.30. The Morgan fingerprint density at radius 3 is 2.57 bits per heavy atom. The number of unbranched alkanes of at least 4 members (excludes halogenated alkanes) is 2. The molecule has 2 rings (SSSR count). The van der Waals surface area contributed by atoms with Gasteiger partial charge in [-0.25, -0.2) is 0 Å². The zero-order chi connectivity index (χ0) is 16.7. The average molecular weight is 316 g/mol. The van der Waals surface area contributed by atoms with E-state index in [-0.39, 0.29) is 11.8 Å². The Morgan fingerprint density at radius 1 is 1.13 bits per heavy atom. The monoisotopic (exact) mass is 316 g/mol. The van der Waals surface area contributed by atoms with Gasteiger partial charge in [0.1, 0.15) is 0 Å². The summed E-state index contributed by atoms with van der Waals surface area (Å²) in [4.78, 5) is 27.9. The van der Waals surface area contributed by atoms with Gasteiger partial charge in [-0.15, -0.1) is 0 Å². The molecule has 4 heteroatoms. The highest BCUT2D eigenvalue weighted by atomic mass is 16.2. The molecule has 4 nitrogen and oxygen atoms in total. The molecular weight excluding hydrogens is 288 g/mol. The number of carbonyl (C=O) groups is 2. The van der Waals surface area contributed by atoms with Crippen molar-refractivity contribution in [2.24, 2.45) is 0 Å². The predicted molar refractivity (Wildman–Crippen MR) is 92.0 cm³/mol. The highest BCUT2D eigenvalue weighted by molar-refractivity contribution is 5.78. The van der Waals surface area contributed by atoms with Crippen molar-refractivity contribution in [1.82, 2.24) is 9.80 Å². The molecule has 0 N–H and O–H groups in total. The first-order valence-electron chi connectivity index (χ1n) is 8.72. The maximum atomic E-state index is 12.5. The lowest BCUT2D eigenvalue weighted by Crippen LogP contribution is -2.39. The lowest BCUT2D eigenvalue weighted by Gasteiger charge is -2.30. The van der Waals surface area contributed by atoms with Crippen LogP contribution in [-0.4, -0.2) is 41.2 Å². The molecule has 0 bridgehead atoms. The van der Waals surface area contributed by atoms with E-state index in [9.17, 15) is 9.59 Å². The quantitative estimate of drug-likeness (QED) is 0.726. The van der Waals surface area contributed by atoms with Crippen LogP contribution in [0.4, 0.5) is 0 Å². The van der Waals surface area contributed by atoms with Crippen LogP contribution in [0.25, 0.3) is 0 Å². The summed E-state index contributed by atoms with van der Waals surface area (Å²) < 4.78 is 0. The van der Waals surface area contributed by atoms with Crippen LogP contribution in [0.1, 0.15) is 50.7 Å². The molecule has 0 atom stereocenters. The highest BCUT2D eigenvalue weighted by Gasteiger charge is 2.21. The molecule has 0 saturated heterocycles. The second-order valence-electron chi connectivity index (χ2n) is 6.30. The minimum Gasteiger partial charge on any atom is -0.342 e. The van der Waals surface area contributed by atoms with Crippen molar-refractivity contribution in [2.75, 3.05) is 19.6 Å². The maximum absolute atomic E-state index is 12.5. The molecule has 0 aromatic heterocycles. The molecule has 0 spiro atoms. The third-order valence-corrected chi connectivity index (χ3v) is 4.56. The molecule has 2 amide bonds. The molecule has 0 radical (unpaired) electrons. The van der Waals surface area contributed by atoms with Crippen LogP contribution in [0.5, 0.6) is 0 Å². The smallest absolute Gasteiger partial charge is 0.224 e. The minimum atomic E-state index is 0.0675. The van der Waals surface area contributed by atoms with Gasteiger partial charge in [0.2, 0.25) is 11.8 Å². The van der Waals surface area contributed by atoms with Crippen molar-refractivity contribution in [3.63, 3.8) is 0 Å². The molecule has 1 heterocycles. The fourth-order valence-corrected chi connectivity index (χ4v) is 3.08. The zero-order valence-corrected chi connectivity index (χ0v) is 14.4. The summed E-state index contributed by atoms with van der Waals surface area (Å²) in [6, 6.07) is 8.32. The minimum absolute atomic E-state index is 0.0675. The van der Waals surface area contributed by atoms with Crippen LogP contribution >= 0.6 is 0 Å². The Labute approximate surface area is 139 Å². The Morgan fingerprint density at radius 2 is 1.87 bits per heavy atom. The van der Waals surface area contributed by atoms with Crippen LogP contribution in [0.2, 0.25) is 0 Å². The standard InChI is InChI=1S/C19H28N2O2/c1-3-4-7-12-20(16(2)22)14-11-19(23)21-13-10-17-8-5-6-9-18(17)15-21/h5-6,8-9H,3-4,7,10-15H2,1-2H3. The van der Waals surface area contributed by atoms with E-state index in [2.05, 4.69) is 25.1 Å². The lowest BCUT2D eigenvalue weighted by atomic mass is 10.00. The topological polar surface area (TPSA) is 40.6 Å². The molecule has 126 valence electrons. The third-order valence-electron chi connectivity index (χ3n) is 4.56. The van der Waals surface area contributed by atoms with Gasteiger partial charge >= 0.3 is 0 Å². The molecule has 23 heavy (non-hydrogen) atoms. The molecule has 1 aromatic rings. The van der Waals surface area contributed by atoms with E-state index in [1.54, 1.807) is 6.92 Å². The van der Waals surface area contributed by atoms with Crippen molar-refractivity contribution >= 4 is 11.8 Å². The van der Waals surface area contributed by atoms with Gasteiger partial charge < -0.3 is 9.80 Å². The van der Waals surface area contributed by atoms with Crippen molar-refractivity contribution in [2.45, 2.75) is 52.5 Å². The summed E-state index contributed by atoms with van der Waals surface area (Å²) >= 11 is 0. The number of rotatable bonds is 7. The maximum Gasteiger partial charge on any atom is 0.224 e. The molecule has 0 unspecified atom stereocenters. The normalized spacial score (nSPS) is 13.6. The Balaban J connectivity index is 1.83. The summed E-state index contributed by atoms with van der Waals surface area (Å²) in [5.74, 6) is 0.221. The van der Waals surface area contributed by atoms with E-state index < -0.39 is 0 Å². The first-order chi connectivity index (χ1) is 11.1. The highest BCUT2D eigenvalue weighted by Crippen LogP contribution is 2.19. The Kier molecular flexibility index (Phi) is 6.63. The first kappa shape index (κ1) is 17.5. The number of nitrogens with zero attached hydrogens (tertiary/aromatic N) is 2. The van der Waals surface area contributed by atoms with Crippen molar-refractivity contribution < 1.29 is 9.59 Å². The molecular formula is C19H28N2O2. The van der Waals surface area contributed by atoms with Gasteiger partial charge in [-0.05, 0) is 24.0 Å². The third kappa shape index (κ3) is 5.08. The fraction of sp³-hybridized carbons (Fsp3) is 0.579. The molecule has 0 saturated carbocycles. The van der Waals surface area contributed by atoms with Gasteiger partial charge in [-0.1, -0.05) is 44.0 Å². The van der Waals surface area contributed by atoms with Crippen LogP contribution < -0.4 is 0 Å². The Hall–Kier alpha value is -1.84. The first-order valence-corrected chi connectivity index (χ1v) is 8.72. The molecule has 1 aliphatic heterocycles. The van der Waals surface area contributed by atoms with Crippen LogP contribution in [0.3, 0.4) is 0 Å². The molecule has 1 aromatic carbocycles. The van der Waals surface area contributed by atoms with Gasteiger partial charge in [-0.3, -0.25) is 9.59 Å².